The van der Waals surface area contributed by atoms with E-state index in [0.29, 0.717) is 5.92 Å². The summed E-state index contributed by atoms with van der Waals surface area (Å²) in [6.45, 7) is 10.7. The highest BCUT2D eigenvalue weighted by Crippen LogP contribution is 2.37. The maximum Gasteiger partial charge on any atom is 0.0593 e. The molecule has 1 N–H and O–H groups in total. The third-order valence-corrected chi connectivity index (χ3v) is 5.10. The van der Waals surface area contributed by atoms with Gasteiger partial charge in [0.2, 0.25) is 0 Å². The van der Waals surface area contributed by atoms with Crippen molar-refractivity contribution in [3.05, 3.63) is 35.4 Å². The number of fused-ring (bicyclic) bond motifs is 2. The van der Waals surface area contributed by atoms with E-state index >= 15 is 0 Å². The van der Waals surface area contributed by atoms with Crippen LogP contribution in [-0.2, 0) is 16.7 Å². The van der Waals surface area contributed by atoms with Crippen molar-refractivity contribution in [2.45, 2.75) is 38.6 Å². The third kappa shape index (κ3) is 3.53. The molecule has 1 aromatic carbocycles. The van der Waals surface area contributed by atoms with E-state index in [0.717, 1.165) is 26.3 Å². The summed E-state index contributed by atoms with van der Waals surface area (Å²) in [7, 11) is 0. The summed E-state index contributed by atoms with van der Waals surface area (Å²) in [6.07, 6.45) is 3.60. The minimum Gasteiger partial charge on any atom is -0.380 e. The van der Waals surface area contributed by atoms with Crippen LogP contribution in [0.25, 0.3) is 0 Å². The first-order valence-corrected chi connectivity index (χ1v) is 8.83. The first-order chi connectivity index (χ1) is 10.7. The molecule has 0 atom stereocenters. The molecule has 0 unspecified atom stereocenters. The zero-order valence-electron chi connectivity index (χ0n) is 14.1. The molecule has 2 aliphatic rings. The van der Waals surface area contributed by atoms with Crippen LogP contribution < -0.4 is 5.32 Å². The van der Waals surface area contributed by atoms with Crippen molar-refractivity contribution in [2.75, 3.05) is 39.4 Å². The summed E-state index contributed by atoms with van der Waals surface area (Å²) in [4.78, 5) is 2.56. The highest BCUT2D eigenvalue weighted by atomic mass is 16.5. The second-order valence-electron chi connectivity index (χ2n) is 7.23. The smallest absolute Gasteiger partial charge is 0.0593 e. The Labute approximate surface area is 135 Å². The molecule has 0 bridgehead atoms. The van der Waals surface area contributed by atoms with Crippen molar-refractivity contribution in [2.24, 2.45) is 5.92 Å². The van der Waals surface area contributed by atoms with Crippen LogP contribution >= 0.6 is 0 Å². The van der Waals surface area contributed by atoms with Gasteiger partial charge in [-0.25, -0.2) is 0 Å². The average Bonchev–Trinajstić information content (AvgIpc) is 2.54. The molecule has 2 aliphatic heterocycles. The minimum atomic E-state index is 0.226. The number of nitrogens with zero attached hydrogens (tertiary/aromatic N) is 1. The Morgan fingerprint density at radius 3 is 2.77 bits per heavy atom. The van der Waals surface area contributed by atoms with Gasteiger partial charge in [-0.2, -0.15) is 0 Å². The fourth-order valence-corrected chi connectivity index (χ4v) is 3.85. The molecule has 0 aromatic heterocycles. The summed E-state index contributed by atoms with van der Waals surface area (Å²) >= 11 is 0. The predicted molar refractivity (Wildman–Crippen MR) is 91.2 cm³/mol. The maximum absolute atomic E-state index is 5.73. The first kappa shape index (κ1) is 16.0. The number of ether oxygens (including phenoxy) is 1. The van der Waals surface area contributed by atoms with E-state index in [-0.39, 0.29) is 5.54 Å². The first-order valence-electron chi connectivity index (χ1n) is 8.83. The summed E-state index contributed by atoms with van der Waals surface area (Å²) in [5.74, 6) is 0.632. The number of likely N-dealkylation sites (tertiary alicyclic amines) is 1. The SMILES string of the molecule is CC(C)COCCN1CCC2(CC1)NCCc1ccccc12. The van der Waals surface area contributed by atoms with Crippen LogP contribution in [0.3, 0.4) is 0 Å². The zero-order chi connectivity index (χ0) is 15.4. The van der Waals surface area contributed by atoms with Crippen LogP contribution in [-0.4, -0.2) is 44.3 Å². The second kappa shape index (κ2) is 7.12. The van der Waals surface area contributed by atoms with Gasteiger partial charge in [0.25, 0.3) is 0 Å². The Kier molecular flexibility index (Phi) is 5.17. The van der Waals surface area contributed by atoms with Crippen molar-refractivity contribution in [3.63, 3.8) is 0 Å². The van der Waals surface area contributed by atoms with Gasteiger partial charge in [-0.1, -0.05) is 38.1 Å². The van der Waals surface area contributed by atoms with E-state index in [9.17, 15) is 0 Å². The van der Waals surface area contributed by atoms with E-state index in [2.05, 4.69) is 48.3 Å². The van der Waals surface area contributed by atoms with Crippen molar-refractivity contribution in [1.82, 2.24) is 10.2 Å². The van der Waals surface area contributed by atoms with E-state index in [1.165, 1.54) is 32.4 Å². The van der Waals surface area contributed by atoms with Gasteiger partial charge >= 0.3 is 0 Å². The lowest BCUT2D eigenvalue weighted by atomic mass is 9.76. The van der Waals surface area contributed by atoms with Gasteiger partial charge in [-0.05, 0) is 36.3 Å². The van der Waals surface area contributed by atoms with E-state index in [4.69, 9.17) is 4.74 Å². The third-order valence-electron chi connectivity index (χ3n) is 5.10. The lowest BCUT2D eigenvalue weighted by molar-refractivity contribution is 0.0631. The number of nitrogens with one attached hydrogen (secondary N) is 1. The molecule has 0 aliphatic carbocycles. The molecule has 1 spiro atoms. The molecule has 2 heterocycles. The minimum absolute atomic E-state index is 0.226. The summed E-state index contributed by atoms with van der Waals surface area (Å²) < 4.78 is 5.73. The van der Waals surface area contributed by atoms with Crippen molar-refractivity contribution < 1.29 is 4.74 Å². The Balaban J connectivity index is 1.54. The van der Waals surface area contributed by atoms with Gasteiger partial charge in [0.15, 0.2) is 0 Å². The van der Waals surface area contributed by atoms with Gasteiger partial charge in [0.1, 0.15) is 0 Å². The molecule has 3 nitrogen and oxygen atoms in total. The highest BCUT2D eigenvalue weighted by Gasteiger charge is 2.38. The molecule has 0 radical (unpaired) electrons. The van der Waals surface area contributed by atoms with Crippen LogP contribution in [0.15, 0.2) is 24.3 Å². The van der Waals surface area contributed by atoms with E-state index in [1.807, 2.05) is 0 Å². The number of rotatable bonds is 5. The van der Waals surface area contributed by atoms with Crippen molar-refractivity contribution in [3.8, 4) is 0 Å². The van der Waals surface area contributed by atoms with Crippen molar-refractivity contribution in [1.29, 1.82) is 0 Å². The fourth-order valence-electron chi connectivity index (χ4n) is 3.85. The second-order valence-corrected chi connectivity index (χ2v) is 7.23. The Morgan fingerprint density at radius 1 is 1.23 bits per heavy atom. The van der Waals surface area contributed by atoms with Gasteiger partial charge in [-0.15, -0.1) is 0 Å². The monoisotopic (exact) mass is 302 g/mol. The predicted octanol–water partition coefficient (Wildman–Crippen LogP) is 2.80. The van der Waals surface area contributed by atoms with E-state index in [1.54, 1.807) is 11.1 Å². The largest absolute Gasteiger partial charge is 0.380 e. The average molecular weight is 302 g/mol. The van der Waals surface area contributed by atoms with E-state index < -0.39 is 0 Å². The molecule has 1 fully saturated rings. The molecule has 0 amide bonds. The molecular weight excluding hydrogens is 272 g/mol. The van der Waals surface area contributed by atoms with Crippen molar-refractivity contribution >= 4 is 0 Å². The maximum atomic E-state index is 5.73. The van der Waals surface area contributed by atoms with Gasteiger partial charge in [-0.3, -0.25) is 0 Å². The van der Waals surface area contributed by atoms with Gasteiger partial charge in [0.05, 0.1) is 6.61 Å². The Morgan fingerprint density at radius 2 is 2.00 bits per heavy atom. The fraction of sp³-hybridized carbons (Fsp3) is 0.684. The summed E-state index contributed by atoms with van der Waals surface area (Å²) in [6, 6.07) is 9.02. The normalized spacial score (nSPS) is 21.2. The standard InChI is InChI=1S/C19H30N2O/c1-16(2)15-22-14-13-21-11-8-19(9-12-21)18-6-4-3-5-17(18)7-10-20-19/h3-6,16,20H,7-15H2,1-2H3. The van der Waals surface area contributed by atoms with Crippen LogP contribution in [0.1, 0.15) is 37.8 Å². The van der Waals surface area contributed by atoms with Gasteiger partial charge in [0, 0.05) is 38.3 Å². The van der Waals surface area contributed by atoms with Crippen LogP contribution in [0.5, 0.6) is 0 Å². The van der Waals surface area contributed by atoms with Crippen LogP contribution in [0, 0.1) is 5.92 Å². The molecular formula is C19H30N2O. The Hall–Kier alpha value is -0.900. The lowest BCUT2D eigenvalue weighted by Crippen LogP contribution is -2.54. The molecule has 1 saturated heterocycles. The highest BCUT2D eigenvalue weighted by molar-refractivity contribution is 5.36. The molecule has 22 heavy (non-hydrogen) atoms. The molecule has 3 heteroatoms. The molecule has 1 aromatic rings. The quantitative estimate of drug-likeness (QED) is 0.847. The molecule has 3 rings (SSSR count). The zero-order valence-corrected chi connectivity index (χ0v) is 14.1. The molecule has 122 valence electrons. The lowest BCUT2D eigenvalue weighted by Gasteiger charge is -2.46. The number of hydrogen-bond acceptors (Lipinski definition) is 3. The molecule has 0 saturated carbocycles. The summed E-state index contributed by atoms with van der Waals surface area (Å²) in [5.41, 5.74) is 3.33. The van der Waals surface area contributed by atoms with Crippen LogP contribution in [0.2, 0.25) is 0 Å². The number of piperidine rings is 1. The number of benzene rings is 1. The summed E-state index contributed by atoms with van der Waals surface area (Å²) in [5, 5.41) is 3.84. The van der Waals surface area contributed by atoms with Gasteiger partial charge < -0.3 is 15.0 Å². The topological polar surface area (TPSA) is 24.5 Å². The Bertz CT molecular complexity index is 478. The number of hydrogen-bond donors (Lipinski definition) is 1. The van der Waals surface area contributed by atoms with Crippen LogP contribution in [0.4, 0.5) is 0 Å².